The SMILES string of the molecule is Cc1cc(C23CCCC(C)(C2)C2CC(C)(C)C2CC3)ccc1O. The molecule has 1 nitrogen and oxygen atoms in total. The van der Waals surface area contributed by atoms with Crippen LogP contribution < -0.4 is 0 Å². The van der Waals surface area contributed by atoms with E-state index in [4.69, 9.17) is 0 Å². The fraction of sp³-hybridized carbons (Fsp3) is 0.727. The molecule has 0 amide bonds. The van der Waals surface area contributed by atoms with Crippen molar-refractivity contribution in [3.05, 3.63) is 29.3 Å². The second-order valence-corrected chi connectivity index (χ2v) is 9.91. The van der Waals surface area contributed by atoms with E-state index in [0.29, 0.717) is 22.0 Å². The second kappa shape index (κ2) is 4.77. The number of phenols is 1. The molecule has 1 aromatic rings. The van der Waals surface area contributed by atoms with Crippen LogP contribution in [0.4, 0.5) is 0 Å². The lowest BCUT2D eigenvalue weighted by Crippen LogP contribution is -2.51. The summed E-state index contributed by atoms with van der Waals surface area (Å²) in [6, 6.07) is 6.42. The van der Waals surface area contributed by atoms with Gasteiger partial charge in [0.15, 0.2) is 0 Å². The molecule has 3 fully saturated rings. The Morgan fingerprint density at radius 3 is 2.52 bits per heavy atom. The van der Waals surface area contributed by atoms with Crippen LogP contribution in [0.1, 0.15) is 76.8 Å². The third-order valence-corrected chi connectivity index (χ3v) is 8.02. The van der Waals surface area contributed by atoms with E-state index in [-0.39, 0.29) is 0 Å². The second-order valence-electron chi connectivity index (χ2n) is 9.91. The van der Waals surface area contributed by atoms with Crippen molar-refractivity contribution in [2.75, 3.05) is 0 Å². The van der Waals surface area contributed by atoms with Crippen LogP contribution in [0.25, 0.3) is 0 Å². The molecule has 0 saturated heterocycles. The summed E-state index contributed by atoms with van der Waals surface area (Å²) in [5.74, 6) is 2.31. The highest BCUT2D eigenvalue weighted by molar-refractivity contribution is 5.39. The Morgan fingerprint density at radius 1 is 1.04 bits per heavy atom. The Kier molecular flexibility index (Phi) is 3.22. The molecule has 0 heterocycles. The van der Waals surface area contributed by atoms with Crippen LogP contribution in [-0.2, 0) is 5.41 Å². The molecule has 1 N–H and O–H groups in total. The van der Waals surface area contributed by atoms with Gasteiger partial charge in [-0.3, -0.25) is 0 Å². The molecule has 23 heavy (non-hydrogen) atoms. The van der Waals surface area contributed by atoms with Gasteiger partial charge >= 0.3 is 0 Å². The van der Waals surface area contributed by atoms with E-state index in [1.807, 2.05) is 13.0 Å². The Labute approximate surface area is 141 Å². The summed E-state index contributed by atoms with van der Waals surface area (Å²) < 4.78 is 0. The summed E-state index contributed by atoms with van der Waals surface area (Å²) in [6.07, 6.45) is 9.67. The summed E-state index contributed by atoms with van der Waals surface area (Å²) in [7, 11) is 0. The minimum absolute atomic E-state index is 0.360. The number of phenolic OH excluding ortho intramolecular Hbond substituents is 1. The average molecular weight is 312 g/mol. The topological polar surface area (TPSA) is 20.2 Å². The molecule has 1 aromatic carbocycles. The van der Waals surface area contributed by atoms with E-state index in [9.17, 15) is 5.11 Å². The van der Waals surface area contributed by atoms with Crippen molar-refractivity contribution in [2.45, 2.75) is 78.1 Å². The normalized spacial score (nSPS) is 41.6. The molecular weight excluding hydrogens is 280 g/mol. The first-order valence-electron chi connectivity index (χ1n) is 9.56. The van der Waals surface area contributed by atoms with E-state index in [2.05, 4.69) is 32.9 Å². The van der Waals surface area contributed by atoms with Crippen LogP contribution in [-0.4, -0.2) is 5.11 Å². The van der Waals surface area contributed by atoms with Crippen LogP contribution in [0, 0.1) is 29.6 Å². The Hall–Kier alpha value is -0.980. The third kappa shape index (κ3) is 2.18. The number of hydrogen-bond donors (Lipinski definition) is 1. The number of aryl methyl sites for hydroxylation is 1. The number of hydrogen-bond acceptors (Lipinski definition) is 1. The first-order chi connectivity index (χ1) is 10.8. The summed E-state index contributed by atoms with van der Waals surface area (Å²) in [5, 5.41) is 9.93. The minimum atomic E-state index is 0.360. The van der Waals surface area contributed by atoms with Gasteiger partial charge in [0.25, 0.3) is 0 Å². The fourth-order valence-electron chi connectivity index (χ4n) is 6.69. The molecule has 4 rings (SSSR count). The number of benzene rings is 1. The zero-order chi connectivity index (χ0) is 16.5. The molecule has 1 heteroatoms. The van der Waals surface area contributed by atoms with Crippen molar-refractivity contribution < 1.29 is 5.11 Å². The zero-order valence-corrected chi connectivity index (χ0v) is 15.3. The van der Waals surface area contributed by atoms with Crippen molar-refractivity contribution in [1.82, 2.24) is 0 Å². The van der Waals surface area contributed by atoms with Crippen LogP contribution in [0.15, 0.2) is 18.2 Å². The highest BCUT2D eigenvalue weighted by Gasteiger charge is 2.59. The Morgan fingerprint density at radius 2 is 1.83 bits per heavy atom. The van der Waals surface area contributed by atoms with Gasteiger partial charge in [-0.05, 0) is 90.7 Å². The van der Waals surface area contributed by atoms with Crippen LogP contribution in [0.2, 0.25) is 0 Å². The van der Waals surface area contributed by atoms with Crippen LogP contribution in [0.5, 0.6) is 5.75 Å². The molecule has 3 aliphatic carbocycles. The lowest BCUT2D eigenvalue weighted by Gasteiger charge is -2.59. The number of fused-ring (bicyclic) bond motifs is 4. The molecule has 4 unspecified atom stereocenters. The van der Waals surface area contributed by atoms with Crippen LogP contribution >= 0.6 is 0 Å². The van der Waals surface area contributed by atoms with E-state index in [1.54, 1.807) is 0 Å². The predicted octanol–water partition coefficient (Wildman–Crippen LogP) is 5.97. The highest BCUT2D eigenvalue weighted by Crippen LogP contribution is 2.68. The van der Waals surface area contributed by atoms with Gasteiger partial charge in [0.05, 0.1) is 0 Å². The van der Waals surface area contributed by atoms with Gasteiger partial charge in [-0.15, -0.1) is 0 Å². The molecule has 4 atom stereocenters. The van der Waals surface area contributed by atoms with Crippen molar-refractivity contribution >= 4 is 0 Å². The van der Waals surface area contributed by atoms with Gasteiger partial charge < -0.3 is 5.11 Å². The van der Waals surface area contributed by atoms with Gasteiger partial charge in [0.1, 0.15) is 5.75 Å². The molecule has 3 saturated carbocycles. The first-order valence-corrected chi connectivity index (χ1v) is 9.56. The van der Waals surface area contributed by atoms with Gasteiger partial charge in [-0.2, -0.15) is 0 Å². The lowest BCUT2D eigenvalue weighted by atomic mass is 9.46. The minimum Gasteiger partial charge on any atom is -0.508 e. The van der Waals surface area contributed by atoms with E-state index < -0.39 is 0 Å². The smallest absolute Gasteiger partial charge is 0.118 e. The van der Waals surface area contributed by atoms with Crippen LogP contribution in [0.3, 0.4) is 0 Å². The molecule has 0 aromatic heterocycles. The third-order valence-electron chi connectivity index (χ3n) is 8.02. The first kappa shape index (κ1) is 15.5. The fourth-order valence-corrected chi connectivity index (χ4v) is 6.69. The Balaban J connectivity index is 1.75. The molecule has 126 valence electrons. The zero-order valence-electron chi connectivity index (χ0n) is 15.3. The molecule has 0 spiro atoms. The quantitative estimate of drug-likeness (QED) is 0.677. The lowest BCUT2D eigenvalue weighted by molar-refractivity contribution is -0.0932. The number of rotatable bonds is 1. The average Bonchev–Trinajstić information content (AvgIpc) is 2.54. The molecule has 2 bridgehead atoms. The molecule has 0 radical (unpaired) electrons. The van der Waals surface area contributed by atoms with E-state index in [0.717, 1.165) is 17.4 Å². The standard InChI is InChI=1S/C22H32O/c1-15-12-16(6-7-19(15)23)22-10-5-9-21(4,14-22)18-13-20(2,3)17(18)8-11-22/h6-7,12,17-18,23H,5,8-11,13-14H2,1-4H3. The maximum absolute atomic E-state index is 9.93. The molecule has 3 aliphatic rings. The van der Waals surface area contributed by atoms with Gasteiger partial charge in [0.2, 0.25) is 0 Å². The van der Waals surface area contributed by atoms with E-state index >= 15 is 0 Å². The Bertz CT molecular complexity index is 631. The molecule has 0 aliphatic heterocycles. The van der Waals surface area contributed by atoms with E-state index in [1.165, 1.54) is 50.5 Å². The molecular formula is C22H32O. The van der Waals surface area contributed by atoms with Gasteiger partial charge in [0, 0.05) is 0 Å². The van der Waals surface area contributed by atoms with Crippen molar-refractivity contribution in [1.29, 1.82) is 0 Å². The summed E-state index contributed by atoms with van der Waals surface area (Å²) in [4.78, 5) is 0. The monoisotopic (exact) mass is 312 g/mol. The highest BCUT2D eigenvalue weighted by atomic mass is 16.3. The maximum atomic E-state index is 9.93. The summed E-state index contributed by atoms with van der Waals surface area (Å²) in [5.41, 5.74) is 3.98. The van der Waals surface area contributed by atoms with Crippen molar-refractivity contribution in [3.63, 3.8) is 0 Å². The van der Waals surface area contributed by atoms with Gasteiger partial charge in [-0.1, -0.05) is 39.3 Å². The largest absolute Gasteiger partial charge is 0.508 e. The summed E-state index contributed by atoms with van der Waals surface area (Å²) >= 11 is 0. The number of aromatic hydroxyl groups is 1. The van der Waals surface area contributed by atoms with Crippen molar-refractivity contribution in [2.24, 2.45) is 22.7 Å². The van der Waals surface area contributed by atoms with Crippen molar-refractivity contribution in [3.8, 4) is 5.75 Å². The van der Waals surface area contributed by atoms with Gasteiger partial charge in [-0.25, -0.2) is 0 Å². The predicted molar refractivity (Wildman–Crippen MR) is 95.7 cm³/mol. The maximum Gasteiger partial charge on any atom is 0.118 e. The summed E-state index contributed by atoms with van der Waals surface area (Å²) in [6.45, 7) is 9.61.